The lowest BCUT2D eigenvalue weighted by Gasteiger charge is -2.17. The summed E-state index contributed by atoms with van der Waals surface area (Å²) in [7, 11) is 3.27. The van der Waals surface area contributed by atoms with Crippen molar-refractivity contribution in [2.45, 2.75) is 12.0 Å². The van der Waals surface area contributed by atoms with Crippen LogP contribution in [-0.2, 0) is 7.05 Å². The first-order chi connectivity index (χ1) is 13.5. The standard InChI is InChI=1S/C21H22N4O3/c1-24-18-9-4-3-8-17(18)23-19(20(24)26)21(27)25-11-15(16(22)12-25)13-6-5-7-14(10-13)28-2/h3-10,15-16H,11-12,22H2,1-2H3/t15-,16+/m1/s1. The Morgan fingerprint density at radius 3 is 2.75 bits per heavy atom. The van der Waals surface area contributed by atoms with Crippen molar-refractivity contribution in [2.75, 3.05) is 20.2 Å². The number of methoxy groups -OCH3 is 1. The summed E-state index contributed by atoms with van der Waals surface area (Å²) in [5.74, 6) is 0.343. The molecule has 7 nitrogen and oxygen atoms in total. The van der Waals surface area contributed by atoms with E-state index in [4.69, 9.17) is 10.5 Å². The fourth-order valence-electron chi connectivity index (χ4n) is 3.79. The van der Waals surface area contributed by atoms with Gasteiger partial charge in [-0.3, -0.25) is 9.59 Å². The molecule has 4 rings (SSSR count). The van der Waals surface area contributed by atoms with Gasteiger partial charge in [-0.2, -0.15) is 0 Å². The topological polar surface area (TPSA) is 90.5 Å². The molecule has 2 aromatic carbocycles. The molecule has 0 aliphatic carbocycles. The molecule has 1 fully saturated rings. The number of aryl methyl sites for hydroxylation is 1. The zero-order chi connectivity index (χ0) is 19.8. The minimum atomic E-state index is -0.401. The van der Waals surface area contributed by atoms with Gasteiger partial charge in [0, 0.05) is 32.1 Å². The predicted octanol–water partition coefficient (Wildman–Crippen LogP) is 1.51. The van der Waals surface area contributed by atoms with Crippen molar-refractivity contribution >= 4 is 16.9 Å². The molecule has 144 valence electrons. The number of carbonyl (C=O) groups is 1. The summed E-state index contributed by atoms with van der Waals surface area (Å²) in [4.78, 5) is 31.7. The number of aromatic nitrogens is 2. The van der Waals surface area contributed by atoms with Crippen LogP contribution in [0.5, 0.6) is 5.75 Å². The second kappa shape index (κ2) is 7.09. The molecule has 7 heteroatoms. The lowest BCUT2D eigenvalue weighted by molar-refractivity contribution is 0.0781. The Morgan fingerprint density at radius 1 is 1.18 bits per heavy atom. The third-order valence-electron chi connectivity index (χ3n) is 5.36. The van der Waals surface area contributed by atoms with Crippen molar-refractivity contribution in [3.63, 3.8) is 0 Å². The normalized spacial score (nSPS) is 19.2. The minimum Gasteiger partial charge on any atom is -0.497 e. The fourth-order valence-corrected chi connectivity index (χ4v) is 3.79. The maximum absolute atomic E-state index is 13.1. The van der Waals surface area contributed by atoms with Crippen LogP contribution in [0.4, 0.5) is 0 Å². The average Bonchev–Trinajstić information content (AvgIpc) is 3.12. The highest BCUT2D eigenvalue weighted by Crippen LogP contribution is 2.29. The largest absolute Gasteiger partial charge is 0.497 e. The van der Waals surface area contributed by atoms with E-state index < -0.39 is 5.56 Å². The van der Waals surface area contributed by atoms with Crippen LogP contribution >= 0.6 is 0 Å². The Bertz CT molecular complexity index is 1110. The Morgan fingerprint density at radius 2 is 1.96 bits per heavy atom. The summed E-state index contributed by atoms with van der Waals surface area (Å²) in [5, 5.41) is 0. The second-order valence-corrected chi connectivity index (χ2v) is 7.07. The van der Waals surface area contributed by atoms with E-state index in [2.05, 4.69) is 4.98 Å². The van der Waals surface area contributed by atoms with Crippen LogP contribution in [0.1, 0.15) is 22.0 Å². The number of hydrogen-bond acceptors (Lipinski definition) is 5. The smallest absolute Gasteiger partial charge is 0.282 e. The van der Waals surface area contributed by atoms with Crippen LogP contribution in [0.15, 0.2) is 53.3 Å². The summed E-state index contributed by atoms with van der Waals surface area (Å²) in [6, 6.07) is 14.7. The number of carbonyl (C=O) groups excluding carboxylic acids is 1. The van der Waals surface area contributed by atoms with Crippen molar-refractivity contribution in [1.29, 1.82) is 0 Å². The number of nitrogens with two attached hydrogens (primary N) is 1. The van der Waals surface area contributed by atoms with Crippen LogP contribution in [-0.4, -0.2) is 46.6 Å². The summed E-state index contributed by atoms with van der Waals surface area (Å²) < 4.78 is 6.75. The highest BCUT2D eigenvalue weighted by molar-refractivity contribution is 5.94. The monoisotopic (exact) mass is 378 g/mol. The first-order valence-electron chi connectivity index (χ1n) is 9.14. The summed E-state index contributed by atoms with van der Waals surface area (Å²) in [6.07, 6.45) is 0. The molecule has 1 aliphatic heterocycles. The van der Waals surface area contributed by atoms with Gasteiger partial charge in [0.15, 0.2) is 5.69 Å². The van der Waals surface area contributed by atoms with Crippen molar-refractivity contribution in [3.05, 3.63) is 70.1 Å². The maximum atomic E-state index is 13.1. The van der Waals surface area contributed by atoms with Gasteiger partial charge in [0.25, 0.3) is 11.5 Å². The third-order valence-corrected chi connectivity index (χ3v) is 5.36. The average molecular weight is 378 g/mol. The lowest BCUT2D eigenvalue weighted by atomic mass is 9.95. The number of para-hydroxylation sites is 2. The lowest BCUT2D eigenvalue weighted by Crippen LogP contribution is -2.37. The molecule has 3 aromatic rings. The van der Waals surface area contributed by atoms with Crippen LogP contribution in [0.25, 0.3) is 11.0 Å². The SMILES string of the molecule is COc1cccc([C@H]2CN(C(=O)c3nc4ccccc4n(C)c3=O)C[C@@H]2N)c1. The molecule has 28 heavy (non-hydrogen) atoms. The van der Waals surface area contributed by atoms with Crippen LogP contribution in [0.3, 0.4) is 0 Å². The number of rotatable bonds is 3. The number of fused-ring (bicyclic) bond motifs is 1. The maximum Gasteiger partial charge on any atom is 0.282 e. The van der Waals surface area contributed by atoms with Gasteiger partial charge in [0.2, 0.25) is 0 Å². The van der Waals surface area contributed by atoms with E-state index >= 15 is 0 Å². The van der Waals surface area contributed by atoms with Crippen molar-refractivity contribution in [3.8, 4) is 5.75 Å². The zero-order valence-electron chi connectivity index (χ0n) is 15.8. The molecule has 2 atom stereocenters. The highest BCUT2D eigenvalue weighted by Gasteiger charge is 2.36. The molecule has 0 bridgehead atoms. The Labute approximate surface area is 162 Å². The molecular formula is C21H22N4O3. The molecular weight excluding hydrogens is 356 g/mol. The number of nitrogens with zero attached hydrogens (tertiary/aromatic N) is 3. The van der Waals surface area contributed by atoms with E-state index in [9.17, 15) is 9.59 Å². The summed E-state index contributed by atoms with van der Waals surface area (Å²) in [6.45, 7) is 0.809. The van der Waals surface area contributed by atoms with E-state index in [1.54, 1.807) is 25.1 Å². The molecule has 1 amide bonds. The van der Waals surface area contributed by atoms with Gasteiger partial charge in [0.05, 0.1) is 18.1 Å². The molecule has 0 spiro atoms. The van der Waals surface area contributed by atoms with Crippen LogP contribution < -0.4 is 16.0 Å². The van der Waals surface area contributed by atoms with Gasteiger partial charge in [-0.15, -0.1) is 0 Å². The summed E-state index contributed by atoms with van der Waals surface area (Å²) >= 11 is 0. The van der Waals surface area contributed by atoms with Crippen molar-refractivity contribution in [2.24, 2.45) is 12.8 Å². The van der Waals surface area contributed by atoms with Gasteiger partial charge in [-0.25, -0.2) is 4.98 Å². The number of benzene rings is 2. The van der Waals surface area contributed by atoms with Crippen molar-refractivity contribution < 1.29 is 9.53 Å². The predicted molar refractivity (Wildman–Crippen MR) is 107 cm³/mol. The summed E-state index contributed by atoms with van der Waals surface area (Å²) in [5.41, 5.74) is 8.18. The molecule has 2 heterocycles. The van der Waals surface area contributed by atoms with Gasteiger partial charge in [0.1, 0.15) is 5.75 Å². The van der Waals surface area contributed by atoms with Gasteiger partial charge >= 0.3 is 0 Å². The van der Waals surface area contributed by atoms with E-state index in [1.165, 1.54) is 4.57 Å². The quantitative estimate of drug-likeness (QED) is 0.746. The van der Waals surface area contributed by atoms with E-state index in [0.29, 0.717) is 24.1 Å². The van der Waals surface area contributed by atoms with E-state index in [1.807, 2.05) is 42.5 Å². The zero-order valence-corrected chi connectivity index (χ0v) is 15.8. The fraction of sp³-hybridized carbons (Fsp3) is 0.286. The Hall–Kier alpha value is -3.19. The number of likely N-dealkylation sites (tertiary alicyclic amines) is 1. The molecule has 0 radical (unpaired) electrons. The van der Waals surface area contributed by atoms with Crippen LogP contribution in [0, 0.1) is 0 Å². The van der Waals surface area contributed by atoms with Gasteiger partial charge in [-0.05, 0) is 29.8 Å². The first-order valence-corrected chi connectivity index (χ1v) is 9.14. The first kappa shape index (κ1) is 18.2. The van der Waals surface area contributed by atoms with E-state index in [0.717, 1.165) is 11.3 Å². The molecule has 1 aromatic heterocycles. The Balaban J connectivity index is 1.65. The van der Waals surface area contributed by atoms with Gasteiger partial charge < -0.3 is 19.9 Å². The second-order valence-electron chi connectivity index (χ2n) is 7.07. The molecule has 1 aliphatic rings. The Kier molecular flexibility index (Phi) is 4.60. The number of ether oxygens (including phenoxy) is 1. The minimum absolute atomic E-state index is 0.0247. The van der Waals surface area contributed by atoms with Gasteiger partial charge in [-0.1, -0.05) is 24.3 Å². The van der Waals surface area contributed by atoms with E-state index in [-0.39, 0.29) is 23.6 Å². The number of amides is 1. The third kappa shape index (κ3) is 3.03. The molecule has 0 saturated carbocycles. The van der Waals surface area contributed by atoms with Crippen LogP contribution in [0.2, 0.25) is 0 Å². The van der Waals surface area contributed by atoms with Crippen molar-refractivity contribution in [1.82, 2.24) is 14.5 Å². The number of hydrogen-bond donors (Lipinski definition) is 1. The molecule has 0 unspecified atom stereocenters. The molecule has 1 saturated heterocycles. The molecule has 2 N–H and O–H groups in total. The highest BCUT2D eigenvalue weighted by atomic mass is 16.5.